The molecule has 51 heavy (non-hydrogen) atoms. The van der Waals surface area contributed by atoms with E-state index in [0.29, 0.717) is 34.6 Å². The highest BCUT2D eigenvalue weighted by Crippen LogP contribution is 2.24. The molecule has 1 atom stereocenters. The first kappa shape index (κ1) is 34.4. The van der Waals surface area contributed by atoms with Crippen LogP contribution in [0.2, 0.25) is 0 Å². The number of carbonyl (C=O) groups is 2. The number of imidazole rings is 1. The number of fused-ring (bicyclic) bond motifs is 1. The molecule has 3 aromatic heterocycles. The van der Waals surface area contributed by atoms with Gasteiger partial charge in [-0.2, -0.15) is 0 Å². The lowest BCUT2D eigenvalue weighted by Crippen LogP contribution is -2.43. The number of H-pyrrole nitrogens is 1. The van der Waals surface area contributed by atoms with E-state index >= 15 is 8.78 Å². The highest BCUT2D eigenvalue weighted by atomic mass is 32.2. The Labute approximate surface area is 287 Å². The number of nitrogens with zero attached hydrogens (tertiary/aromatic N) is 4. The summed E-state index contributed by atoms with van der Waals surface area (Å²) in [6.45, 7) is 0. The van der Waals surface area contributed by atoms with E-state index in [2.05, 4.69) is 25.0 Å². The molecule has 0 saturated heterocycles. The van der Waals surface area contributed by atoms with Gasteiger partial charge < -0.3 is 15.0 Å². The molecule has 17 heteroatoms. The number of pyridine rings is 1. The minimum Gasteiger partial charge on any atom is -0.467 e. The Morgan fingerprint density at radius 3 is 2.29 bits per heavy atom. The summed E-state index contributed by atoms with van der Waals surface area (Å²) in [5.74, 6) is -4.52. The molecule has 0 aliphatic rings. The molecule has 0 saturated carbocycles. The molecular weight excluding hydrogens is 688 g/mol. The zero-order chi connectivity index (χ0) is 36.4. The summed E-state index contributed by atoms with van der Waals surface area (Å²) in [6, 6.07) is 12.9. The number of anilines is 1. The lowest BCUT2D eigenvalue weighted by molar-refractivity contribution is -0.142. The Hall–Kier alpha value is -6.49. The van der Waals surface area contributed by atoms with Gasteiger partial charge in [-0.15, -0.1) is 0 Å². The Morgan fingerprint density at radius 2 is 1.67 bits per heavy atom. The number of hydrogen-bond acceptors (Lipinski definition) is 9. The van der Waals surface area contributed by atoms with Crippen molar-refractivity contribution in [1.29, 1.82) is 0 Å². The summed E-state index contributed by atoms with van der Waals surface area (Å²) in [4.78, 5) is 62.6. The topological polar surface area (TPSA) is 187 Å². The van der Waals surface area contributed by atoms with Crippen LogP contribution < -0.4 is 21.3 Å². The second-order valence-corrected chi connectivity index (χ2v) is 12.9. The Kier molecular flexibility index (Phi) is 9.29. The molecule has 0 aliphatic carbocycles. The standard InChI is InChI=1S/C34H27F2N7O7S/c1-42-28-18-37-12-11-24(28)32(45)43(34(42)47)22-7-3-19(4-8-22)15-27(33(46)50-2)40-31(44)29-25(35)16-21(17-26(29)36)41-51(48,49)23-9-5-20(6-10-23)30-38-13-14-39-30/h3-14,16-18,27,41H,15H2,1-2H3,(H,38,39)(H,40,44)/t27-/m0/s1. The second-order valence-electron chi connectivity index (χ2n) is 11.2. The minimum absolute atomic E-state index is 0.196. The summed E-state index contributed by atoms with van der Waals surface area (Å²) >= 11 is 0. The van der Waals surface area contributed by atoms with Crippen molar-refractivity contribution < 1.29 is 31.5 Å². The van der Waals surface area contributed by atoms with Crippen molar-refractivity contribution in [3.8, 4) is 17.1 Å². The highest BCUT2D eigenvalue weighted by Gasteiger charge is 2.27. The van der Waals surface area contributed by atoms with E-state index in [4.69, 9.17) is 4.74 Å². The van der Waals surface area contributed by atoms with Gasteiger partial charge >= 0.3 is 11.7 Å². The fraction of sp³-hybridized carbons (Fsp3) is 0.118. The number of sulfonamides is 1. The molecule has 3 N–H and O–H groups in total. The van der Waals surface area contributed by atoms with Crippen molar-refractivity contribution in [3.63, 3.8) is 0 Å². The van der Waals surface area contributed by atoms with Gasteiger partial charge in [0.15, 0.2) is 0 Å². The van der Waals surface area contributed by atoms with Gasteiger partial charge in [0.1, 0.15) is 29.1 Å². The van der Waals surface area contributed by atoms with E-state index in [1.54, 1.807) is 6.20 Å². The van der Waals surface area contributed by atoms with Crippen LogP contribution in [0.25, 0.3) is 28.0 Å². The van der Waals surface area contributed by atoms with Gasteiger partial charge in [-0.1, -0.05) is 12.1 Å². The molecule has 14 nitrogen and oxygen atoms in total. The molecule has 0 unspecified atom stereocenters. The first-order valence-electron chi connectivity index (χ1n) is 15.0. The maximum Gasteiger partial charge on any atom is 0.335 e. The van der Waals surface area contributed by atoms with Crippen molar-refractivity contribution in [3.05, 3.63) is 135 Å². The van der Waals surface area contributed by atoms with Crippen LogP contribution in [0.15, 0.2) is 106 Å². The largest absolute Gasteiger partial charge is 0.467 e. The number of benzene rings is 3. The number of amides is 1. The molecule has 6 rings (SSSR count). The van der Waals surface area contributed by atoms with E-state index in [0.717, 1.165) is 11.7 Å². The number of aromatic nitrogens is 5. The van der Waals surface area contributed by atoms with Crippen LogP contribution in [-0.2, 0) is 33.0 Å². The molecule has 1 amide bonds. The lowest BCUT2D eigenvalue weighted by Gasteiger charge is -2.18. The first-order chi connectivity index (χ1) is 24.4. The predicted molar refractivity (Wildman–Crippen MR) is 181 cm³/mol. The van der Waals surface area contributed by atoms with Crippen LogP contribution in [0, 0.1) is 11.6 Å². The molecule has 0 radical (unpaired) electrons. The van der Waals surface area contributed by atoms with Crippen LogP contribution >= 0.6 is 0 Å². The minimum atomic E-state index is -4.29. The maximum absolute atomic E-state index is 15.2. The van der Waals surface area contributed by atoms with Gasteiger partial charge in [0.2, 0.25) is 0 Å². The molecule has 0 aliphatic heterocycles. The van der Waals surface area contributed by atoms with Crippen molar-refractivity contribution in [2.75, 3.05) is 11.8 Å². The Bertz CT molecular complexity index is 2500. The third kappa shape index (κ3) is 6.86. The van der Waals surface area contributed by atoms with E-state index < -0.39 is 62.1 Å². The molecule has 3 aromatic carbocycles. The Balaban J connectivity index is 1.19. The van der Waals surface area contributed by atoms with Crippen LogP contribution in [0.1, 0.15) is 15.9 Å². The fourth-order valence-electron chi connectivity index (χ4n) is 5.38. The van der Waals surface area contributed by atoms with E-state index in [1.165, 1.54) is 84.8 Å². The Morgan fingerprint density at radius 1 is 0.980 bits per heavy atom. The molecule has 0 spiro atoms. The number of nitrogens with one attached hydrogen (secondary N) is 3. The van der Waals surface area contributed by atoms with Gasteiger partial charge in [-0.3, -0.25) is 23.9 Å². The number of rotatable bonds is 10. The van der Waals surface area contributed by atoms with Crippen molar-refractivity contribution >= 4 is 38.5 Å². The van der Waals surface area contributed by atoms with Crippen molar-refractivity contribution in [2.45, 2.75) is 17.4 Å². The maximum atomic E-state index is 15.2. The highest BCUT2D eigenvalue weighted by molar-refractivity contribution is 7.92. The summed E-state index contributed by atoms with van der Waals surface area (Å²) in [7, 11) is -1.72. The second kappa shape index (κ2) is 13.8. The number of halogens is 2. The zero-order valence-corrected chi connectivity index (χ0v) is 27.6. The van der Waals surface area contributed by atoms with Gasteiger partial charge in [0.25, 0.3) is 21.5 Å². The number of hydrogen-bond donors (Lipinski definition) is 3. The number of esters is 1. The fourth-order valence-corrected chi connectivity index (χ4v) is 6.42. The van der Waals surface area contributed by atoms with Gasteiger partial charge in [-0.05, 0) is 60.2 Å². The van der Waals surface area contributed by atoms with Gasteiger partial charge in [-0.25, -0.2) is 36.3 Å². The van der Waals surface area contributed by atoms with Gasteiger partial charge in [0.05, 0.1) is 40.5 Å². The number of ether oxygens (including phenoxy) is 1. The predicted octanol–water partition coefficient (Wildman–Crippen LogP) is 3.07. The zero-order valence-electron chi connectivity index (χ0n) is 26.8. The monoisotopic (exact) mass is 715 g/mol. The van der Waals surface area contributed by atoms with E-state index in [1.807, 2.05) is 0 Å². The average Bonchev–Trinajstić information content (AvgIpc) is 3.66. The smallest absolute Gasteiger partial charge is 0.335 e. The third-order valence-electron chi connectivity index (χ3n) is 7.96. The summed E-state index contributed by atoms with van der Waals surface area (Å²) in [6.07, 6.45) is 5.78. The number of methoxy groups -OCH3 is 1. The number of aryl methyl sites for hydroxylation is 1. The van der Waals surface area contributed by atoms with Crippen LogP contribution in [0.5, 0.6) is 0 Å². The van der Waals surface area contributed by atoms with E-state index in [-0.39, 0.29) is 22.4 Å². The third-order valence-corrected chi connectivity index (χ3v) is 9.35. The lowest BCUT2D eigenvalue weighted by atomic mass is 10.0. The summed E-state index contributed by atoms with van der Waals surface area (Å²) in [5.41, 5.74) is -1.10. The molecular formula is C34H27F2N7O7S. The molecule has 3 heterocycles. The summed E-state index contributed by atoms with van der Waals surface area (Å²) < 4.78 is 65.3. The summed E-state index contributed by atoms with van der Waals surface area (Å²) in [5, 5.41) is 2.53. The van der Waals surface area contributed by atoms with E-state index in [9.17, 15) is 27.6 Å². The van der Waals surface area contributed by atoms with Crippen molar-refractivity contribution in [2.24, 2.45) is 7.05 Å². The molecule has 6 aromatic rings. The van der Waals surface area contributed by atoms with Gasteiger partial charge in [0, 0.05) is 37.6 Å². The number of carbonyl (C=O) groups excluding carboxylic acids is 2. The molecule has 0 fully saturated rings. The average molecular weight is 716 g/mol. The van der Waals surface area contributed by atoms with Crippen molar-refractivity contribution in [1.82, 2.24) is 29.4 Å². The molecule has 260 valence electrons. The quantitative estimate of drug-likeness (QED) is 0.179. The SMILES string of the molecule is COC(=O)[C@H](Cc1ccc(-n2c(=O)c3ccncc3n(C)c2=O)cc1)NC(=O)c1c(F)cc(NS(=O)(=O)c2ccc(-c3ncc[nH]3)cc2)cc1F. The molecule has 0 bridgehead atoms. The van der Waals surface area contributed by atoms with Crippen LogP contribution in [-0.4, -0.2) is 57.5 Å². The van der Waals surface area contributed by atoms with Crippen LogP contribution in [0.4, 0.5) is 14.5 Å². The normalized spacial score (nSPS) is 12.0. The first-order valence-corrected chi connectivity index (χ1v) is 16.5. The van der Waals surface area contributed by atoms with Crippen LogP contribution in [0.3, 0.4) is 0 Å². The number of aromatic amines is 1.